The highest BCUT2D eigenvalue weighted by Crippen LogP contribution is 2.44. The minimum Gasteiger partial charge on any atom is -0.351 e. The van der Waals surface area contributed by atoms with Crippen LogP contribution in [0.4, 0.5) is 10.1 Å². The molecule has 0 aliphatic carbocycles. The molecule has 3 heterocycles. The third kappa shape index (κ3) is 2.46. The van der Waals surface area contributed by atoms with Gasteiger partial charge in [-0.2, -0.15) is 0 Å². The van der Waals surface area contributed by atoms with Gasteiger partial charge in [-0.25, -0.2) is 4.39 Å². The third-order valence-electron chi connectivity index (χ3n) is 6.09. The van der Waals surface area contributed by atoms with Crippen LogP contribution < -0.4 is 10.8 Å². The fourth-order valence-corrected chi connectivity index (χ4v) is 4.50. The predicted molar refractivity (Wildman–Crippen MR) is 108 cm³/mol. The summed E-state index contributed by atoms with van der Waals surface area (Å²) in [6.07, 6.45) is 1.19. The number of anilines is 1. The van der Waals surface area contributed by atoms with Crippen molar-refractivity contribution < 1.29 is 14.0 Å². The van der Waals surface area contributed by atoms with E-state index in [1.807, 2.05) is 20.0 Å². The van der Waals surface area contributed by atoms with Crippen molar-refractivity contribution in [1.29, 1.82) is 0 Å². The van der Waals surface area contributed by atoms with Gasteiger partial charge in [0.25, 0.3) is 5.91 Å². The lowest BCUT2D eigenvalue weighted by Gasteiger charge is -2.38. The maximum absolute atomic E-state index is 13.4. The first-order valence-electron chi connectivity index (χ1n) is 9.46. The van der Waals surface area contributed by atoms with Crippen LogP contribution in [0.3, 0.4) is 0 Å². The molecule has 7 heteroatoms. The number of halogens is 1. The van der Waals surface area contributed by atoms with Crippen LogP contribution in [-0.4, -0.2) is 42.6 Å². The number of hydrogen-bond donors (Lipinski definition) is 2. The summed E-state index contributed by atoms with van der Waals surface area (Å²) < 4.78 is 13.4. The van der Waals surface area contributed by atoms with Crippen LogP contribution in [0.1, 0.15) is 28.9 Å². The molecule has 0 unspecified atom stereocenters. The highest BCUT2D eigenvalue weighted by Gasteiger charge is 2.49. The Morgan fingerprint density at radius 1 is 1.11 bits per heavy atom. The Morgan fingerprint density at radius 2 is 1.89 bits per heavy atom. The molecule has 1 spiro atoms. The number of aromatic nitrogens is 1. The minimum atomic E-state index is -0.554. The first kappa shape index (κ1) is 17.0. The lowest BCUT2D eigenvalue weighted by molar-refractivity contribution is -0.122. The van der Waals surface area contributed by atoms with E-state index in [1.54, 1.807) is 17.0 Å². The Balaban J connectivity index is 1.39. The average molecular weight is 375 g/mol. The zero-order valence-electron chi connectivity index (χ0n) is 15.5. The van der Waals surface area contributed by atoms with Crippen LogP contribution in [0, 0.1) is 5.82 Å². The van der Waals surface area contributed by atoms with Crippen LogP contribution >= 0.6 is 0 Å². The molecule has 2 aliphatic heterocycles. The number of rotatable bonds is 1. The fraction of sp³-hybridized carbons (Fsp3) is 0.238. The van der Waals surface area contributed by atoms with Crippen LogP contribution in [0.5, 0.6) is 0 Å². The number of amides is 2. The van der Waals surface area contributed by atoms with Crippen molar-refractivity contribution in [2.45, 2.75) is 18.3 Å². The molecule has 2 aromatic carbocycles. The van der Waals surface area contributed by atoms with Gasteiger partial charge in [0.15, 0.2) is 0 Å². The minimum absolute atomic E-state index is 0.0290. The van der Waals surface area contributed by atoms with Crippen molar-refractivity contribution in [3.63, 3.8) is 0 Å². The van der Waals surface area contributed by atoms with E-state index in [0.717, 1.165) is 22.2 Å². The first-order valence-corrected chi connectivity index (χ1v) is 9.46. The third-order valence-corrected chi connectivity index (χ3v) is 6.09. The predicted octanol–water partition coefficient (Wildman–Crippen LogP) is 1.69. The zero-order valence-corrected chi connectivity index (χ0v) is 15.5. The molecule has 28 heavy (non-hydrogen) atoms. The number of nitrogens with one attached hydrogen (secondary N) is 2. The summed E-state index contributed by atoms with van der Waals surface area (Å²) in [5, 5.41) is 3.68. The molecule has 140 valence electrons. The average Bonchev–Trinajstić information content (AvgIpc) is 3.22. The molecule has 2 amide bonds. The highest BCUT2D eigenvalue weighted by atomic mass is 19.1. The van der Waals surface area contributed by atoms with Crippen molar-refractivity contribution in [3.8, 4) is 0 Å². The normalized spacial score (nSPS) is 17.8. The van der Waals surface area contributed by atoms with Crippen molar-refractivity contribution in [2.75, 3.05) is 18.4 Å². The van der Waals surface area contributed by atoms with Crippen molar-refractivity contribution in [2.24, 2.45) is 0 Å². The summed E-state index contributed by atoms with van der Waals surface area (Å²) in [6, 6.07) is 12.1. The maximum atomic E-state index is 13.4. The highest BCUT2D eigenvalue weighted by molar-refractivity contribution is 6.32. The van der Waals surface area contributed by atoms with Gasteiger partial charge in [0, 0.05) is 29.7 Å². The molecule has 3 aromatic rings. The van der Waals surface area contributed by atoms with Crippen molar-refractivity contribution in [3.05, 3.63) is 59.5 Å². The van der Waals surface area contributed by atoms with E-state index in [9.17, 15) is 14.0 Å². The second-order valence-electron chi connectivity index (χ2n) is 7.79. The number of fused-ring (bicyclic) bond motifs is 3. The Morgan fingerprint density at radius 3 is 2.68 bits per heavy atom. The summed E-state index contributed by atoms with van der Waals surface area (Å²) in [4.78, 5) is 30.5. The lowest BCUT2D eigenvalue weighted by Crippen LogP contribution is -2.48. The Hall–Kier alpha value is -3.09. The van der Waals surface area contributed by atoms with E-state index in [0.29, 0.717) is 37.0 Å². The molecule has 0 radical (unpaired) electrons. The largest absolute Gasteiger partial charge is 0.351 e. The molecule has 5 rings (SSSR count). The summed E-state index contributed by atoms with van der Waals surface area (Å²) in [6.45, 7) is 1.01. The maximum Gasteiger partial charge on any atom is 0.270 e. The number of benzene rings is 2. The number of carbonyl (C=O) groups is 2. The van der Waals surface area contributed by atoms with Crippen LogP contribution in [0.2, 0.25) is 0 Å². The summed E-state index contributed by atoms with van der Waals surface area (Å²) >= 11 is 0. The van der Waals surface area contributed by atoms with E-state index in [-0.39, 0.29) is 17.6 Å². The van der Waals surface area contributed by atoms with E-state index in [2.05, 4.69) is 16.4 Å². The SMILES string of the molecule is Bc1ccc2c(c1)C1(CCN(C(=O)c3cc4cc(F)ccc4[nH]3)CC1)C(=O)N2. The quantitative estimate of drug-likeness (QED) is 0.636. The number of likely N-dealkylation sites (tertiary alicyclic amines) is 1. The van der Waals surface area contributed by atoms with E-state index in [1.165, 1.54) is 12.1 Å². The second kappa shape index (κ2) is 5.96. The smallest absolute Gasteiger partial charge is 0.270 e. The number of aromatic amines is 1. The van der Waals surface area contributed by atoms with Crippen LogP contribution in [0.15, 0.2) is 42.5 Å². The van der Waals surface area contributed by atoms with Gasteiger partial charge in [0.2, 0.25) is 5.91 Å². The van der Waals surface area contributed by atoms with Crippen LogP contribution in [-0.2, 0) is 10.2 Å². The van der Waals surface area contributed by atoms with Gasteiger partial charge in [-0.15, -0.1) is 0 Å². The van der Waals surface area contributed by atoms with Gasteiger partial charge in [-0.3, -0.25) is 9.59 Å². The molecular weight excluding hydrogens is 356 g/mol. The van der Waals surface area contributed by atoms with Crippen molar-refractivity contribution >= 4 is 41.7 Å². The summed E-state index contributed by atoms with van der Waals surface area (Å²) in [5.74, 6) is -0.415. The van der Waals surface area contributed by atoms with E-state index >= 15 is 0 Å². The molecule has 2 aliphatic rings. The molecule has 0 saturated carbocycles. The molecule has 1 fully saturated rings. The van der Waals surface area contributed by atoms with Crippen molar-refractivity contribution in [1.82, 2.24) is 9.88 Å². The molecule has 2 N–H and O–H groups in total. The lowest BCUT2D eigenvalue weighted by atomic mass is 9.72. The molecule has 1 saturated heterocycles. The fourth-order valence-electron chi connectivity index (χ4n) is 4.50. The van der Waals surface area contributed by atoms with Crippen LogP contribution in [0.25, 0.3) is 10.9 Å². The van der Waals surface area contributed by atoms with Gasteiger partial charge in [-0.1, -0.05) is 17.6 Å². The zero-order chi connectivity index (χ0) is 19.5. The van der Waals surface area contributed by atoms with Gasteiger partial charge >= 0.3 is 0 Å². The Kier molecular flexibility index (Phi) is 3.63. The Labute approximate surface area is 162 Å². The monoisotopic (exact) mass is 375 g/mol. The Bertz CT molecular complexity index is 1130. The van der Waals surface area contributed by atoms with Gasteiger partial charge in [0.05, 0.1) is 5.41 Å². The van der Waals surface area contributed by atoms with E-state index < -0.39 is 5.41 Å². The number of hydrogen-bond acceptors (Lipinski definition) is 2. The molecule has 1 aromatic heterocycles. The second-order valence-corrected chi connectivity index (χ2v) is 7.79. The molecular formula is C21H19BFN3O2. The standard InChI is InChI=1S/C21H19BFN3O2/c22-13-1-3-17-15(11-13)21(20(28)25-17)5-7-26(8-6-21)19(27)18-10-12-9-14(23)2-4-16(12)24-18/h1-4,9-11,24H,5-8,22H2,(H,25,28). The summed E-state index contributed by atoms with van der Waals surface area (Å²) in [7, 11) is 2.02. The number of carbonyl (C=O) groups excluding carboxylic acids is 2. The molecule has 0 atom stereocenters. The van der Waals surface area contributed by atoms with Gasteiger partial charge < -0.3 is 15.2 Å². The number of nitrogens with zero attached hydrogens (tertiary/aromatic N) is 1. The summed E-state index contributed by atoms with van der Waals surface area (Å²) in [5.41, 5.74) is 3.68. The van der Waals surface area contributed by atoms with Gasteiger partial charge in [-0.05, 0) is 48.7 Å². The number of H-pyrrole nitrogens is 1. The van der Waals surface area contributed by atoms with E-state index in [4.69, 9.17) is 0 Å². The topological polar surface area (TPSA) is 65.2 Å². The molecule has 0 bridgehead atoms. The first-order chi connectivity index (χ1) is 13.5. The van der Waals surface area contributed by atoms with Gasteiger partial charge in [0.1, 0.15) is 19.4 Å². The molecule has 5 nitrogen and oxygen atoms in total. The number of piperidine rings is 1.